The highest BCUT2D eigenvalue weighted by Gasteiger charge is 2.32. The third kappa shape index (κ3) is 2.60. The Hall–Kier alpha value is -1.89. The number of hydrogen-bond donors (Lipinski definition) is 0. The van der Waals surface area contributed by atoms with Crippen LogP contribution in [0.5, 0.6) is 0 Å². The maximum atomic E-state index is 12.1. The molecule has 1 aliphatic rings. The maximum Gasteiger partial charge on any atom is 0.322 e. The fourth-order valence-electron chi connectivity index (χ4n) is 1.96. The van der Waals surface area contributed by atoms with Gasteiger partial charge in [-0.15, -0.1) is 0 Å². The van der Waals surface area contributed by atoms with Crippen LogP contribution in [0.1, 0.15) is 16.8 Å². The zero-order valence-electron chi connectivity index (χ0n) is 10.3. The molecule has 0 aromatic heterocycles. The second-order valence-electron chi connectivity index (χ2n) is 4.09. The van der Waals surface area contributed by atoms with Gasteiger partial charge in [0.2, 0.25) is 10.0 Å². The van der Waals surface area contributed by atoms with E-state index in [4.69, 9.17) is 0 Å². The largest absolute Gasteiger partial charge is 0.468 e. The predicted octanol–water partition coefficient (Wildman–Crippen LogP) is 0.582. The summed E-state index contributed by atoms with van der Waals surface area (Å²) in [6.45, 7) is 0.0508. The van der Waals surface area contributed by atoms with E-state index in [9.17, 15) is 18.0 Å². The molecule has 1 aromatic rings. The molecule has 0 N–H and O–H groups in total. The molecule has 0 saturated carbocycles. The number of nitrogens with zero attached hydrogens (tertiary/aromatic N) is 1. The number of carbonyl (C=O) groups is 2. The van der Waals surface area contributed by atoms with E-state index in [1.54, 1.807) is 24.3 Å². The molecule has 6 nitrogen and oxygen atoms in total. The van der Waals surface area contributed by atoms with E-state index in [1.807, 2.05) is 0 Å². The smallest absolute Gasteiger partial charge is 0.322 e. The average Bonchev–Trinajstić information content (AvgIpc) is 2.38. The number of para-hydroxylation sites is 1. The van der Waals surface area contributed by atoms with Gasteiger partial charge in [0.1, 0.15) is 0 Å². The lowest BCUT2D eigenvalue weighted by molar-refractivity contribution is -0.137. The molecule has 1 heterocycles. The Bertz CT molecular complexity index is 623. The third-order valence-electron chi connectivity index (χ3n) is 2.88. The van der Waals surface area contributed by atoms with Gasteiger partial charge in [-0.25, -0.2) is 8.42 Å². The SMILES string of the molecule is COC(=O)CS(=O)(=O)N1CCC(=O)c2ccccc21. The van der Waals surface area contributed by atoms with Gasteiger partial charge >= 0.3 is 5.97 Å². The number of ketones is 1. The van der Waals surface area contributed by atoms with Crippen molar-refractivity contribution in [3.63, 3.8) is 0 Å². The second kappa shape index (κ2) is 5.00. The van der Waals surface area contributed by atoms with Gasteiger partial charge in [0.15, 0.2) is 11.5 Å². The number of rotatable bonds is 3. The quantitative estimate of drug-likeness (QED) is 0.758. The van der Waals surface area contributed by atoms with Crippen LogP contribution in [0.4, 0.5) is 5.69 Å². The van der Waals surface area contributed by atoms with Crippen molar-refractivity contribution in [3.8, 4) is 0 Å². The van der Waals surface area contributed by atoms with Crippen LogP contribution in [0.2, 0.25) is 0 Å². The molecule has 0 amide bonds. The molecule has 0 spiro atoms. The Morgan fingerprint density at radius 2 is 2.05 bits per heavy atom. The Balaban J connectivity index is 2.40. The van der Waals surface area contributed by atoms with E-state index in [2.05, 4.69) is 4.74 Å². The Labute approximate surface area is 111 Å². The van der Waals surface area contributed by atoms with Crippen molar-refractivity contribution in [2.75, 3.05) is 23.7 Å². The van der Waals surface area contributed by atoms with E-state index in [0.717, 1.165) is 11.4 Å². The van der Waals surface area contributed by atoms with Crippen molar-refractivity contribution in [3.05, 3.63) is 29.8 Å². The minimum absolute atomic E-state index is 0.0508. The summed E-state index contributed by atoms with van der Waals surface area (Å²) in [6, 6.07) is 6.46. The zero-order valence-corrected chi connectivity index (χ0v) is 11.1. The molecule has 0 radical (unpaired) electrons. The number of fused-ring (bicyclic) bond motifs is 1. The van der Waals surface area contributed by atoms with Gasteiger partial charge in [-0.2, -0.15) is 0 Å². The van der Waals surface area contributed by atoms with Crippen LogP contribution in [-0.4, -0.2) is 39.6 Å². The Kier molecular flexibility index (Phi) is 3.57. The monoisotopic (exact) mass is 283 g/mol. The van der Waals surface area contributed by atoms with E-state index < -0.39 is 21.7 Å². The highest BCUT2D eigenvalue weighted by Crippen LogP contribution is 2.29. The average molecular weight is 283 g/mol. The van der Waals surface area contributed by atoms with Gasteiger partial charge in [-0.3, -0.25) is 13.9 Å². The topological polar surface area (TPSA) is 80.8 Å². The van der Waals surface area contributed by atoms with Gasteiger partial charge < -0.3 is 4.74 Å². The number of ether oxygens (including phenoxy) is 1. The minimum Gasteiger partial charge on any atom is -0.468 e. The first-order chi connectivity index (χ1) is 8.95. The summed E-state index contributed by atoms with van der Waals surface area (Å²) in [5, 5.41) is 0. The molecule has 102 valence electrons. The standard InChI is InChI=1S/C12H13NO5S/c1-18-12(15)8-19(16,17)13-7-6-11(14)9-4-2-3-5-10(9)13/h2-5H,6-8H2,1H3. The summed E-state index contributed by atoms with van der Waals surface area (Å²) in [6.07, 6.45) is 0.109. The van der Waals surface area contributed by atoms with Crippen LogP contribution in [0.25, 0.3) is 0 Å². The molecular formula is C12H13NO5S. The van der Waals surface area contributed by atoms with Gasteiger partial charge in [0.05, 0.1) is 12.8 Å². The molecular weight excluding hydrogens is 270 g/mol. The van der Waals surface area contributed by atoms with Crippen molar-refractivity contribution in [2.24, 2.45) is 0 Å². The lowest BCUT2D eigenvalue weighted by Crippen LogP contribution is -2.40. The molecule has 19 heavy (non-hydrogen) atoms. The summed E-state index contributed by atoms with van der Waals surface area (Å²) in [5.41, 5.74) is 0.685. The van der Waals surface area contributed by atoms with Crippen molar-refractivity contribution < 1.29 is 22.7 Å². The first-order valence-electron chi connectivity index (χ1n) is 5.65. The van der Waals surface area contributed by atoms with Gasteiger partial charge in [0, 0.05) is 18.5 Å². The summed E-state index contributed by atoms with van der Waals surface area (Å²) in [5.74, 6) is -1.65. The number of Topliss-reactive ketones (excluding diaryl/α,β-unsaturated/α-hetero) is 1. The molecule has 0 aliphatic carbocycles. The van der Waals surface area contributed by atoms with Crippen LogP contribution >= 0.6 is 0 Å². The van der Waals surface area contributed by atoms with Crippen molar-refractivity contribution in [2.45, 2.75) is 6.42 Å². The van der Waals surface area contributed by atoms with Gasteiger partial charge in [0.25, 0.3) is 0 Å². The number of carbonyl (C=O) groups excluding carboxylic acids is 2. The second-order valence-corrected chi connectivity index (χ2v) is 5.99. The van der Waals surface area contributed by atoms with E-state index >= 15 is 0 Å². The molecule has 7 heteroatoms. The highest BCUT2D eigenvalue weighted by molar-refractivity contribution is 7.93. The normalized spacial score (nSPS) is 15.0. The predicted molar refractivity (Wildman–Crippen MR) is 68.5 cm³/mol. The number of esters is 1. The first-order valence-corrected chi connectivity index (χ1v) is 7.26. The van der Waals surface area contributed by atoms with Crippen LogP contribution in [0.3, 0.4) is 0 Å². The van der Waals surface area contributed by atoms with Crippen molar-refractivity contribution >= 4 is 27.5 Å². The van der Waals surface area contributed by atoms with Crippen LogP contribution in [0, 0.1) is 0 Å². The van der Waals surface area contributed by atoms with E-state index in [0.29, 0.717) is 11.3 Å². The number of benzene rings is 1. The summed E-state index contributed by atoms with van der Waals surface area (Å²) < 4.78 is 29.7. The van der Waals surface area contributed by atoms with Crippen LogP contribution < -0.4 is 4.31 Å². The third-order valence-corrected chi connectivity index (χ3v) is 4.53. The fourth-order valence-corrected chi connectivity index (χ4v) is 3.36. The van der Waals surface area contributed by atoms with Crippen LogP contribution in [0.15, 0.2) is 24.3 Å². The van der Waals surface area contributed by atoms with E-state index in [-0.39, 0.29) is 18.7 Å². The van der Waals surface area contributed by atoms with Crippen molar-refractivity contribution in [1.29, 1.82) is 0 Å². The number of sulfonamides is 1. The maximum absolute atomic E-state index is 12.1. The van der Waals surface area contributed by atoms with E-state index in [1.165, 1.54) is 0 Å². The minimum atomic E-state index is -3.82. The van der Waals surface area contributed by atoms with Gasteiger partial charge in [-0.1, -0.05) is 12.1 Å². The lowest BCUT2D eigenvalue weighted by Gasteiger charge is -2.29. The molecule has 1 aromatic carbocycles. The number of hydrogen-bond acceptors (Lipinski definition) is 5. The molecule has 1 aliphatic heterocycles. The van der Waals surface area contributed by atoms with Gasteiger partial charge in [-0.05, 0) is 12.1 Å². The molecule has 0 saturated heterocycles. The summed E-state index contributed by atoms with van der Waals surface area (Å²) >= 11 is 0. The van der Waals surface area contributed by atoms with Crippen LogP contribution in [-0.2, 0) is 19.6 Å². The highest BCUT2D eigenvalue weighted by atomic mass is 32.2. The summed E-state index contributed by atoms with van der Waals surface area (Å²) in [7, 11) is -2.69. The molecule has 0 unspecified atom stereocenters. The fraction of sp³-hybridized carbons (Fsp3) is 0.333. The molecule has 0 atom stereocenters. The zero-order chi connectivity index (χ0) is 14.0. The Morgan fingerprint density at radius 1 is 1.37 bits per heavy atom. The Morgan fingerprint density at radius 3 is 2.74 bits per heavy atom. The number of anilines is 1. The molecule has 2 rings (SSSR count). The number of methoxy groups -OCH3 is 1. The molecule has 0 bridgehead atoms. The lowest BCUT2D eigenvalue weighted by atomic mass is 10.0. The summed E-state index contributed by atoms with van der Waals surface area (Å²) in [4.78, 5) is 22.9. The van der Waals surface area contributed by atoms with Crippen molar-refractivity contribution in [1.82, 2.24) is 0 Å². The first kappa shape index (κ1) is 13.5. The molecule has 0 fully saturated rings.